The Kier molecular flexibility index (Phi) is 5.97. The summed E-state index contributed by atoms with van der Waals surface area (Å²) in [5.74, 6) is 1.71. The summed E-state index contributed by atoms with van der Waals surface area (Å²) >= 11 is 8.55. The van der Waals surface area contributed by atoms with Crippen molar-refractivity contribution in [1.29, 1.82) is 0 Å². The molecule has 106 valence electrons. The van der Waals surface area contributed by atoms with Gasteiger partial charge in [0, 0.05) is 9.61 Å². The molecule has 0 aromatic heterocycles. The van der Waals surface area contributed by atoms with Gasteiger partial charge in [0.1, 0.15) is 0 Å². The van der Waals surface area contributed by atoms with Crippen molar-refractivity contribution in [3.63, 3.8) is 0 Å². The Morgan fingerprint density at radius 1 is 1.32 bits per heavy atom. The highest BCUT2D eigenvalue weighted by Gasteiger charge is 2.27. The molecule has 0 spiro atoms. The molecule has 1 saturated carbocycles. The van der Waals surface area contributed by atoms with Crippen LogP contribution in [0.25, 0.3) is 0 Å². The molecule has 1 N–H and O–H groups in total. The van der Waals surface area contributed by atoms with Gasteiger partial charge >= 0.3 is 0 Å². The van der Waals surface area contributed by atoms with E-state index in [1.54, 1.807) is 0 Å². The molecule has 1 aromatic carbocycles. The molecule has 1 unspecified atom stereocenters. The maximum atomic E-state index is 6.26. The summed E-state index contributed by atoms with van der Waals surface area (Å²) in [6.45, 7) is 2.32. The maximum absolute atomic E-state index is 6.26. The van der Waals surface area contributed by atoms with Gasteiger partial charge in [-0.15, -0.1) is 0 Å². The molecule has 0 aliphatic heterocycles. The lowest BCUT2D eigenvalue weighted by Crippen LogP contribution is -2.28. The molecule has 1 nitrogen and oxygen atoms in total. The maximum Gasteiger partial charge on any atom is 0.0542 e. The van der Waals surface area contributed by atoms with Crippen LogP contribution < -0.4 is 5.32 Å². The Hall–Kier alpha value is 0.200. The standard InChI is InChI=1S/C16H23ClIN/c1-3-11-4-6-12(7-5-11)16(19-2)13-8-9-15(18)14(17)10-13/h8-12,16,19H,3-7H2,1-2H3. The van der Waals surface area contributed by atoms with E-state index in [4.69, 9.17) is 11.6 Å². The molecule has 0 bridgehead atoms. The molecular formula is C16H23ClIN. The minimum Gasteiger partial charge on any atom is -0.313 e. The molecule has 3 heteroatoms. The van der Waals surface area contributed by atoms with E-state index in [0.29, 0.717) is 6.04 Å². The van der Waals surface area contributed by atoms with E-state index in [1.807, 2.05) is 0 Å². The summed E-state index contributed by atoms with van der Waals surface area (Å²) in [7, 11) is 2.07. The van der Waals surface area contributed by atoms with Gasteiger partial charge < -0.3 is 5.32 Å². The number of rotatable bonds is 4. The zero-order chi connectivity index (χ0) is 13.8. The first-order valence-electron chi connectivity index (χ1n) is 7.28. The first kappa shape index (κ1) is 15.6. The number of hydrogen-bond acceptors (Lipinski definition) is 1. The highest BCUT2D eigenvalue weighted by Crippen LogP contribution is 2.38. The smallest absolute Gasteiger partial charge is 0.0542 e. The van der Waals surface area contributed by atoms with Gasteiger partial charge in [0.05, 0.1) is 5.02 Å². The van der Waals surface area contributed by atoms with Gasteiger partial charge in [-0.25, -0.2) is 0 Å². The summed E-state index contributed by atoms with van der Waals surface area (Å²) in [5, 5.41) is 4.38. The summed E-state index contributed by atoms with van der Waals surface area (Å²) in [5.41, 5.74) is 1.34. The van der Waals surface area contributed by atoms with Crippen molar-refractivity contribution in [3.8, 4) is 0 Å². The van der Waals surface area contributed by atoms with Gasteiger partial charge in [-0.05, 0) is 72.0 Å². The van der Waals surface area contributed by atoms with Gasteiger partial charge in [0.25, 0.3) is 0 Å². The molecule has 0 saturated heterocycles. The summed E-state index contributed by atoms with van der Waals surface area (Å²) in [6.07, 6.45) is 6.79. The Bertz CT molecular complexity index is 413. The minimum atomic E-state index is 0.451. The molecule has 0 radical (unpaired) electrons. The van der Waals surface area contributed by atoms with E-state index in [1.165, 1.54) is 37.7 Å². The lowest BCUT2D eigenvalue weighted by atomic mass is 9.76. The van der Waals surface area contributed by atoms with Crippen LogP contribution in [0.1, 0.15) is 50.6 Å². The van der Waals surface area contributed by atoms with Crippen LogP contribution in [0.4, 0.5) is 0 Å². The molecule has 1 atom stereocenters. The van der Waals surface area contributed by atoms with E-state index >= 15 is 0 Å². The van der Waals surface area contributed by atoms with E-state index in [9.17, 15) is 0 Å². The van der Waals surface area contributed by atoms with Gasteiger partial charge in [-0.3, -0.25) is 0 Å². The van der Waals surface area contributed by atoms with E-state index in [0.717, 1.165) is 20.4 Å². The average molecular weight is 392 g/mol. The molecule has 0 heterocycles. The van der Waals surface area contributed by atoms with Gasteiger partial charge in [0.2, 0.25) is 0 Å². The summed E-state index contributed by atoms with van der Waals surface area (Å²) in [4.78, 5) is 0. The highest BCUT2D eigenvalue weighted by molar-refractivity contribution is 14.1. The first-order valence-corrected chi connectivity index (χ1v) is 8.73. The topological polar surface area (TPSA) is 12.0 Å². The van der Waals surface area contributed by atoms with E-state index in [-0.39, 0.29) is 0 Å². The molecule has 1 aliphatic carbocycles. The van der Waals surface area contributed by atoms with E-state index < -0.39 is 0 Å². The van der Waals surface area contributed by atoms with Crippen LogP contribution in [-0.2, 0) is 0 Å². The lowest BCUT2D eigenvalue weighted by molar-refractivity contribution is 0.224. The second kappa shape index (κ2) is 7.28. The molecule has 1 aromatic rings. The average Bonchev–Trinajstić information content (AvgIpc) is 2.44. The third-order valence-corrected chi connectivity index (χ3v) is 6.13. The van der Waals surface area contributed by atoms with Crippen LogP contribution in [-0.4, -0.2) is 7.05 Å². The monoisotopic (exact) mass is 391 g/mol. The number of benzene rings is 1. The van der Waals surface area contributed by atoms with Crippen molar-refractivity contribution >= 4 is 34.2 Å². The molecule has 0 amide bonds. The van der Waals surface area contributed by atoms with Crippen LogP contribution >= 0.6 is 34.2 Å². The van der Waals surface area contributed by atoms with Crippen LogP contribution in [0.2, 0.25) is 5.02 Å². The molecule has 1 aliphatic rings. The minimum absolute atomic E-state index is 0.451. The predicted octanol–water partition coefficient (Wildman–Crippen LogP) is 5.42. The van der Waals surface area contributed by atoms with Gasteiger partial charge in [0.15, 0.2) is 0 Å². The Balaban J connectivity index is 2.09. The Morgan fingerprint density at radius 3 is 2.53 bits per heavy atom. The fraction of sp³-hybridized carbons (Fsp3) is 0.625. The van der Waals surface area contributed by atoms with Crippen molar-refractivity contribution in [2.45, 2.75) is 45.1 Å². The number of hydrogen-bond donors (Lipinski definition) is 1. The lowest BCUT2D eigenvalue weighted by Gasteiger charge is -2.34. The zero-order valence-electron chi connectivity index (χ0n) is 11.8. The largest absolute Gasteiger partial charge is 0.313 e. The third kappa shape index (κ3) is 3.85. The second-order valence-corrected chi connectivity index (χ2v) is 7.20. The van der Waals surface area contributed by atoms with E-state index in [2.05, 4.69) is 60.1 Å². The fourth-order valence-electron chi connectivity index (χ4n) is 3.31. The van der Waals surface area contributed by atoms with Crippen LogP contribution in [0.15, 0.2) is 18.2 Å². The number of halogens is 2. The quantitative estimate of drug-likeness (QED) is 0.676. The normalized spacial score (nSPS) is 25.3. The SMILES string of the molecule is CCC1CCC(C(NC)c2ccc(I)c(Cl)c2)CC1. The van der Waals surface area contributed by atoms with Gasteiger partial charge in [-0.2, -0.15) is 0 Å². The first-order chi connectivity index (χ1) is 9.15. The van der Waals surface area contributed by atoms with Crippen LogP contribution in [0.3, 0.4) is 0 Å². The highest BCUT2D eigenvalue weighted by atomic mass is 127. The third-order valence-electron chi connectivity index (χ3n) is 4.55. The van der Waals surface area contributed by atoms with Crippen LogP contribution in [0.5, 0.6) is 0 Å². The summed E-state index contributed by atoms with van der Waals surface area (Å²) in [6, 6.07) is 6.93. The molecule has 19 heavy (non-hydrogen) atoms. The summed E-state index contributed by atoms with van der Waals surface area (Å²) < 4.78 is 1.13. The van der Waals surface area contributed by atoms with Crippen molar-refractivity contribution in [1.82, 2.24) is 5.32 Å². The van der Waals surface area contributed by atoms with Gasteiger partial charge in [-0.1, -0.05) is 43.9 Å². The molecule has 2 rings (SSSR count). The van der Waals surface area contributed by atoms with Crippen molar-refractivity contribution < 1.29 is 0 Å². The fourth-order valence-corrected chi connectivity index (χ4v) is 3.83. The van der Waals surface area contributed by atoms with Crippen molar-refractivity contribution in [2.24, 2.45) is 11.8 Å². The zero-order valence-corrected chi connectivity index (χ0v) is 14.7. The number of nitrogens with one attached hydrogen (secondary N) is 1. The Morgan fingerprint density at radius 2 is 2.00 bits per heavy atom. The second-order valence-electron chi connectivity index (χ2n) is 5.63. The molecule has 1 fully saturated rings. The van der Waals surface area contributed by atoms with Crippen LogP contribution in [0, 0.1) is 15.4 Å². The molecular weight excluding hydrogens is 369 g/mol. The van der Waals surface area contributed by atoms with Crippen molar-refractivity contribution in [3.05, 3.63) is 32.4 Å². The Labute approximate surface area is 135 Å². The van der Waals surface area contributed by atoms with Crippen molar-refractivity contribution in [2.75, 3.05) is 7.05 Å². The predicted molar refractivity (Wildman–Crippen MR) is 91.7 cm³/mol.